The van der Waals surface area contributed by atoms with E-state index in [-0.39, 0.29) is 31.3 Å². The molecule has 9 aromatic rings. The number of pyridine rings is 1. The third-order valence-corrected chi connectivity index (χ3v) is 11.7. The molecule has 0 bridgehead atoms. The summed E-state index contributed by atoms with van der Waals surface area (Å²) in [5.41, 5.74) is 13.2. The Morgan fingerprint density at radius 2 is 1.18 bits per heavy atom. The number of rotatable bonds is 7. The third-order valence-electron chi connectivity index (χ3n) is 11.7. The molecule has 5 nitrogen and oxygen atoms in total. The van der Waals surface area contributed by atoms with E-state index in [0.717, 1.165) is 61.5 Å². The first-order valence-electron chi connectivity index (χ1n) is 21.0. The molecule has 0 radical (unpaired) electrons. The SMILES string of the molecule is CC(C)(C)c1ccnc(-n2c3[c-]c(Oc4[c-]c(N5[CH-]N(c6cc(C(C)(C)C)ccc6-c6cccc(-c7ccccc7)c6)c6ccccc65)ccc4)ccc3c3ccccc32)c1.[Pd]. The van der Waals surface area contributed by atoms with Gasteiger partial charge in [0.2, 0.25) is 0 Å². The molecule has 0 saturated heterocycles. The van der Waals surface area contributed by atoms with Crippen molar-refractivity contribution in [1.82, 2.24) is 9.55 Å². The zero-order valence-electron chi connectivity index (χ0n) is 35.8. The van der Waals surface area contributed by atoms with Gasteiger partial charge in [-0.05, 0) is 86.5 Å². The van der Waals surface area contributed by atoms with Crippen molar-refractivity contribution >= 4 is 44.6 Å². The molecule has 0 saturated carbocycles. The average Bonchev–Trinajstić information content (AvgIpc) is 3.82. The molecule has 1 aliphatic rings. The van der Waals surface area contributed by atoms with Gasteiger partial charge in [-0.2, -0.15) is 12.1 Å². The van der Waals surface area contributed by atoms with Crippen LogP contribution in [0, 0.1) is 18.8 Å². The van der Waals surface area contributed by atoms with Crippen molar-refractivity contribution in [3.63, 3.8) is 0 Å². The van der Waals surface area contributed by atoms with Gasteiger partial charge < -0.3 is 19.1 Å². The van der Waals surface area contributed by atoms with E-state index in [2.05, 4.69) is 220 Å². The fraction of sp³-hybridized carbons (Fsp3) is 0.143. The summed E-state index contributed by atoms with van der Waals surface area (Å²) in [5.74, 6) is 2.06. The standard InChI is InChI=1S/C56H47N4O.Pd/c1-55(2,3)41-26-28-46(40-19-14-18-39(32-40)38-16-8-7-9-17-38)52(33-41)59-37-58(50-24-12-13-25-51(50)59)43-20-15-21-44(35-43)61-45-27-29-48-47-22-10-11-23-49(47)60(53(48)36-45)54-34-42(30-31-57-54)56(4,5)6;/h7-34,37H,1-6H3;/q-3;. The van der Waals surface area contributed by atoms with Crippen LogP contribution in [0.2, 0.25) is 0 Å². The van der Waals surface area contributed by atoms with Gasteiger partial charge in [0.05, 0.1) is 0 Å². The number of nitrogens with zero attached hydrogens (tertiary/aromatic N) is 4. The Labute approximate surface area is 378 Å². The van der Waals surface area contributed by atoms with E-state index in [1.165, 1.54) is 22.3 Å². The van der Waals surface area contributed by atoms with Gasteiger partial charge in [-0.3, -0.25) is 0 Å². The first-order chi connectivity index (χ1) is 29.5. The van der Waals surface area contributed by atoms with E-state index < -0.39 is 0 Å². The minimum Gasteiger partial charge on any atom is -0.509 e. The van der Waals surface area contributed by atoms with Crippen LogP contribution in [-0.4, -0.2) is 9.55 Å². The normalized spacial score (nSPS) is 12.7. The minimum absolute atomic E-state index is 0. The third kappa shape index (κ3) is 7.59. The second-order valence-corrected chi connectivity index (χ2v) is 17.9. The molecular weight excluding hydrogens is 851 g/mol. The van der Waals surface area contributed by atoms with E-state index in [1.54, 1.807) is 0 Å². The molecule has 0 spiro atoms. The summed E-state index contributed by atoms with van der Waals surface area (Å²) in [6.45, 7) is 15.7. The van der Waals surface area contributed by atoms with Crippen LogP contribution in [-0.2, 0) is 31.3 Å². The van der Waals surface area contributed by atoms with Gasteiger partial charge in [-0.25, -0.2) is 4.98 Å². The largest absolute Gasteiger partial charge is 0.509 e. The van der Waals surface area contributed by atoms with Crippen molar-refractivity contribution in [3.8, 4) is 39.6 Å². The van der Waals surface area contributed by atoms with Crippen molar-refractivity contribution in [3.05, 3.63) is 200 Å². The first kappa shape index (κ1) is 40.9. The number of hydrogen-bond donors (Lipinski definition) is 0. The Balaban J connectivity index is 0.00000490. The van der Waals surface area contributed by atoms with Crippen LogP contribution in [0.25, 0.3) is 49.9 Å². The summed E-state index contributed by atoms with van der Waals surface area (Å²) in [6.07, 6.45) is 1.90. The first-order valence-corrected chi connectivity index (χ1v) is 21.0. The van der Waals surface area contributed by atoms with Crippen LogP contribution in [0.3, 0.4) is 0 Å². The molecule has 0 unspecified atom stereocenters. The summed E-state index contributed by atoms with van der Waals surface area (Å²) < 4.78 is 8.82. The predicted molar refractivity (Wildman–Crippen MR) is 252 cm³/mol. The molecule has 1 aliphatic heterocycles. The maximum Gasteiger partial charge on any atom is 0.135 e. The Hall–Kier alpha value is -6.45. The number of anilines is 4. The molecule has 0 fully saturated rings. The Bertz CT molecular complexity index is 3080. The van der Waals surface area contributed by atoms with Gasteiger partial charge in [0.1, 0.15) is 5.82 Å². The molecule has 310 valence electrons. The van der Waals surface area contributed by atoms with Crippen LogP contribution in [0.4, 0.5) is 22.7 Å². The van der Waals surface area contributed by atoms with E-state index in [0.29, 0.717) is 11.5 Å². The van der Waals surface area contributed by atoms with Crippen LogP contribution in [0.1, 0.15) is 52.7 Å². The predicted octanol–water partition coefficient (Wildman–Crippen LogP) is 14.9. The van der Waals surface area contributed by atoms with E-state index >= 15 is 0 Å². The Kier molecular flexibility index (Phi) is 10.6. The fourth-order valence-electron chi connectivity index (χ4n) is 8.37. The zero-order valence-corrected chi connectivity index (χ0v) is 37.3. The number of benzene rings is 7. The average molecular weight is 898 g/mol. The Morgan fingerprint density at radius 3 is 1.97 bits per heavy atom. The molecule has 0 atom stereocenters. The smallest absolute Gasteiger partial charge is 0.135 e. The van der Waals surface area contributed by atoms with Crippen molar-refractivity contribution in [2.24, 2.45) is 0 Å². The van der Waals surface area contributed by atoms with Crippen molar-refractivity contribution in [2.75, 3.05) is 9.80 Å². The van der Waals surface area contributed by atoms with E-state index in [1.807, 2.05) is 24.4 Å². The van der Waals surface area contributed by atoms with Crippen LogP contribution >= 0.6 is 0 Å². The molecule has 6 heteroatoms. The summed E-state index contributed by atoms with van der Waals surface area (Å²) in [5, 5.41) is 2.23. The Morgan fingerprint density at radius 1 is 0.516 bits per heavy atom. The van der Waals surface area contributed by atoms with Gasteiger partial charge in [0, 0.05) is 66.3 Å². The van der Waals surface area contributed by atoms with Gasteiger partial charge in [0.15, 0.2) is 0 Å². The van der Waals surface area contributed by atoms with Gasteiger partial charge >= 0.3 is 0 Å². The molecular formula is C56H47N4OPd-3. The van der Waals surface area contributed by atoms with E-state index in [9.17, 15) is 0 Å². The molecule has 2 aromatic heterocycles. The van der Waals surface area contributed by atoms with Crippen LogP contribution in [0.5, 0.6) is 11.5 Å². The molecule has 3 heterocycles. The number of aromatic nitrogens is 2. The summed E-state index contributed by atoms with van der Waals surface area (Å²) in [6, 6.07) is 65.0. The second-order valence-electron chi connectivity index (χ2n) is 17.9. The number of hydrogen-bond acceptors (Lipinski definition) is 4. The summed E-state index contributed by atoms with van der Waals surface area (Å²) >= 11 is 0. The monoisotopic (exact) mass is 897 g/mol. The quantitative estimate of drug-likeness (QED) is 0.118. The molecule has 0 aliphatic carbocycles. The van der Waals surface area contributed by atoms with Crippen LogP contribution in [0.15, 0.2) is 170 Å². The molecule has 62 heavy (non-hydrogen) atoms. The van der Waals surface area contributed by atoms with Gasteiger partial charge in [0.25, 0.3) is 0 Å². The fourth-order valence-corrected chi connectivity index (χ4v) is 8.37. The summed E-state index contributed by atoms with van der Waals surface area (Å²) in [7, 11) is 0. The van der Waals surface area contributed by atoms with E-state index in [4.69, 9.17) is 9.72 Å². The topological polar surface area (TPSA) is 33.5 Å². The maximum atomic E-state index is 6.63. The maximum absolute atomic E-state index is 6.63. The molecule has 10 rings (SSSR count). The van der Waals surface area contributed by atoms with Crippen molar-refractivity contribution in [1.29, 1.82) is 0 Å². The second kappa shape index (κ2) is 16.1. The van der Waals surface area contributed by atoms with Crippen molar-refractivity contribution < 1.29 is 25.2 Å². The number of para-hydroxylation sites is 3. The molecule has 0 N–H and O–H groups in total. The summed E-state index contributed by atoms with van der Waals surface area (Å²) in [4.78, 5) is 9.37. The van der Waals surface area contributed by atoms with Gasteiger partial charge in [-0.15, -0.1) is 48.1 Å². The number of fused-ring (bicyclic) bond motifs is 4. The zero-order chi connectivity index (χ0) is 41.9. The van der Waals surface area contributed by atoms with Gasteiger partial charge in [-0.1, -0.05) is 138 Å². The molecule has 0 amide bonds. The number of ether oxygens (including phenoxy) is 1. The minimum atomic E-state index is -0.0427. The molecule has 7 aromatic carbocycles. The van der Waals surface area contributed by atoms with Crippen molar-refractivity contribution in [2.45, 2.75) is 52.4 Å². The van der Waals surface area contributed by atoms with Crippen LogP contribution < -0.4 is 14.5 Å².